The molecule has 0 spiro atoms. The van der Waals surface area contributed by atoms with Crippen LogP contribution in [0.4, 0.5) is 0 Å². The van der Waals surface area contributed by atoms with Crippen molar-refractivity contribution < 1.29 is 14.4 Å². The molecule has 0 unspecified atom stereocenters. The van der Waals surface area contributed by atoms with Crippen LogP contribution in [0, 0.1) is 0 Å². The Balaban J connectivity index is 1.95. The van der Waals surface area contributed by atoms with Crippen molar-refractivity contribution >= 4 is 17.7 Å². The van der Waals surface area contributed by atoms with Crippen molar-refractivity contribution in [2.75, 3.05) is 26.2 Å². The molecule has 100 valence electrons. The highest BCUT2D eigenvalue weighted by atomic mass is 16.2. The third kappa shape index (κ3) is 2.84. The molecule has 0 aliphatic carbocycles. The first-order chi connectivity index (χ1) is 9.09. The molecule has 1 aliphatic rings. The maximum Gasteiger partial charge on any atom is 0.311 e. The average molecular weight is 263 g/mol. The summed E-state index contributed by atoms with van der Waals surface area (Å²) < 4.78 is 0. The number of rotatable bonds is 1. The summed E-state index contributed by atoms with van der Waals surface area (Å²) in [7, 11) is 0. The van der Waals surface area contributed by atoms with E-state index in [1.807, 2.05) is 0 Å². The Morgan fingerprint density at radius 1 is 1.05 bits per heavy atom. The lowest BCUT2D eigenvalue weighted by molar-refractivity contribution is -0.145. The number of nitrogens with zero attached hydrogens (tertiary/aromatic N) is 4. The third-order valence-corrected chi connectivity index (χ3v) is 2.85. The summed E-state index contributed by atoms with van der Waals surface area (Å²) in [5.41, 5.74) is 5.18. The quantitative estimate of drug-likeness (QED) is 0.604. The van der Waals surface area contributed by atoms with E-state index in [-0.39, 0.29) is 24.7 Å². The minimum absolute atomic E-state index is 0.237. The van der Waals surface area contributed by atoms with E-state index < -0.39 is 11.8 Å². The summed E-state index contributed by atoms with van der Waals surface area (Å²) in [6.07, 6.45) is 4.32. The number of hydrogen-bond donors (Lipinski definition) is 1. The zero-order valence-electron chi connectivity index (χ0n) is 10.2. The van der Waals surface area contributed by atoms with E-state index in [1.54, 1.807) is 4.90 Å². The zero-order chi connectivity index (χ0) is 13.8. The molecule has 0 aromatic carbocycles. The fourth-order valence-corrected chi connectivity index (χ4v) is 1.84. The van der Waals surface area contributed by atoms with Gasteiger partial charge in [0.2, 0.25) is 0 Å². The molecular formula is C11H13N5O3. The van der Waals surface area contributed by atoms with Gasteiger partial charge in [0, 0.05) is 38.6 Å². The summed E-state index contributed by atoms with van der Waals surface area (Å²) in [6, 6.07) is 0. The standard InChI is InChI=1S/C11H13N5O3/c12-9(17)11(19)16-5-3-15(4-6-16)10(18)8-7-13-1-2-14-8/h1-2,7H,3-6H2,(H2,12,17). The van der Waals surface area contributed by atoms with Gasteiger partial charge >= 0.3 is 11.8 Å². The number of carbonyl (C=O) groups excluding carboxylic acids is 3. The van der Waals surface area contributed by atoms with Crippen molar-refractivity contribution in [3.8, 4) is 0 Å². The molecule has 19 heavy (non-hydrogen) atoms. The number of primary amides is 1. The molecule has 0 atom stereocenters. The molecule has 2 rings (SSSR count). The summed E-state index contributed by atoms with van der Waals surface area (Å²) >= 11 is 0. The fourth-order valence-electron chi connectivity index (χ4n) is 1.84. The van der Waals surface area contributed by atoms with Crippen molar-refractivity contribution in [2.24, 2.45) is 5.73 Å². The molecule has 0 bridgehead atoms. The molecule has 1 fully saturated rings. The minimum atomic E-state index is -0.978. The average Bonchev–Trinajstić information content (AvgIpc) is 2.46. The van der Waals surface area contributed by atoms with E-state index in [0.29, 0.717) is 13.1 Å². The molecule has 2 N–H and O–H groups in total. The lowest BCUT2D eigenvalue weighted by atomic mass is 10.2. The van der Waals surface area contributed by atoms with E-state index in [9.17, 15) is 14.4 Å². The predicted octanol–water partition coefficient (Wildman–Crippen LogP) is -1.75. The molecule has 1 aromatic heterocycles. The first-order valence-corrected chi connectivity index (χ1v) is 5.73. The first-order valence-electron chi connectivity index (χ1n) is 5.73. The normalized spacial score (nSPS) is 15.2. The summed E-state index contributed by atoms with van der Waals surface area (Å²) in [5.74, 6) is -1.93. The number of hydrogen-bond acceptors (Lipinski definition) is 5. The van der Waals surface area contributed by atoms with Crippen molar-refractivity contribution in [1.29, 1.82) is 0 Å². The molecule has 8 nitrogen and oxygen atoms in total. The maximum atomic E-state index is 12.0. The molecule has 2 heterocycles. The van der Waals surface area contributed by atoms with E-state index in [4.69, 9.17) is 5.73 Å². The fraction of sp³-hybridized carbons (Fsp3) is 0.364. The second-order valence-corrected chi connectivity index (χ2v) is 4.04. The van der Waals surface area contributed by atoms with Crippen LogP contribution >= 0.6 is 0 Å². The van der Waals surface area contributed by atoms with Gasteiger partial charge in [0.1, 0.15) is 5.69 Å². The molecule has 3 amide bonds. The Morgan fingerprint density at radius 3 is 2.21 bits per heavy atom. The van der Waals surface area contributed by atoms with Gasteiger partial charge in [-0.3, -0.25) is 19.4 Å². The minimum Gasteiger partial charge on any atom is -0.361 e. The van der Waals surface area contributed by atoms with Gasteiger partial charge in [-0.2, -0.15) is 0 Å². The number of amides is 3. The van der Waals surface area contributed by atoms with E-state index >= 15 is 0 Å². The Hall–Kier alpha value is -2.51. The maximum absolute atomic E-state index is 12.0. The van der Waals surface area contributed by atoms with E-state index in [2.05, 4.69) is 9.97 Å². The largest absolute Gasteiger partial charge is 0.361 e. The van der Waals surface area contributed by atoms with Crippen LogP contribution in [0.25, 0.3) is 0 Å². The van der Waals surface area contributed by atoms with Crippen LogP contribution in [-0.2, 0) is 9.59 Å². The van der Waals surface area contributed by atoms with Gasteiger partial charge in [0.15, 0.2) is 0 Å². The molecule has 0 saturated carbocycles. The summed E-state index contributed by atoms with van der Waals surface area (Å²) in [4.78, 5) is 44.8. The van der Waals surface area contributed by atoms with Crippen LogP contribution in [0.3, 0.4) is 0 Å². The van der Waals surface area contributed by atoms with Gasteiger partial charge in [0.05, 0.1) is 6.20 Å². The van der Waals surface area contributed by atoms with Crippen LogP contribution < -0.4 is 5.73 Å². The van der Waals surface area contributed by atoms with Gasteiger partial charge < -0.3 is 15.5 Å². The molecule has 8 heteroatoms. The highest BCUT2D eigenvalue weighted by Gasteiger charge is 2.27. The van der Waals surface area contributed by atoms with Gasteiger partial charge in [-0.05, 0) is 0 Å². The SMILES string of the molecule is NC(=O)C(=O)N1CCN(C(=O)c2cnccn2)CC1. The highest BCUT2D eigenvalue weighted by molar-refractivity contribution is 6.34. The number of aromatic nitrogens is 2. The van der Waals surface area contributed by atoms with Crippen molar-refractivity contribution in [3.63, 3.8) is 0 Å². The Morgan fingerprint density at radius 2 is 1.68 bits per heavy atom. The summed E-state index contributed by atoms with van der Waals surface area (Å²) in [6.45, 7) is 1.25. The topological polar surface area (TPSA) is 109 Å². The second kappa shape index (κ2) is 5.42. The molecule has 1 aliphatic heterocycles. The molecule has 1 saturated heterocycles. The van der Waals surface area contributed by atoms with Gasteiger partial charge in [-0.1, -0.05) is 0 Å². The Kier molecular flexibility index (Phi) is 3.69. The van der Waals surface area contributed by atoms with Crippen molar-refractivity contribution in [1.82, 2.24) is 19.8 Å². The van der Waals surface area contributed by atoms with Crippen molar-refractivity contribution in [2.45, 2.75) is 0 Å². The number of piperazine rings is 1. The van der Waals surface area contributed by atoms with Crippen LogP contribution in [0.5, 0.6) is 0 Å². The van der Waals surface area contributed by atoms with Gasteiger partial charge in [-0.25, -0.2) is 4.98 Å². The molecule has 1 aromatic rings. The van der Waals surface area contributed by atoms with E-state index in [1.165, 1.54) is 23.5 Å². The van der Waals surface area contributed by atoms with Gasteiger partial charge in [0.25, 0.3) is 5.91 Å². The van der Waals surface area contributed by atoms with Crippen molar-refractivity contribution in [3.05, 3.63) is 24.3 Å². The lowest BCUT2D eigenvalue weighted by Crippen LogP contribution is -2.53. The smallest absolute Gasteiger partial charge is 0.311 e. The highest BCUT2D eigenvalue weighted by Crippen LogP contribution is 2.06. The summed E-state index contributed by atoms with van der Waals surface area (Å²) in [5, 5.41) is 0. The van der Waals surface area contributed by atoms with E-state index in [0.717, 1.165) is 0 Å². The predicted molar refractivity (Wildman–Crippen MR) is 63.7 cm³/mol. The van der Waals surface area contributed by atoms with Crippen LogP contribution in [0.2, 0.25) is 0 Å². The third-order valence-electron chi connectivity index (χ3n) is 2.85. The molecular weight excluding hydrogens is 250 g/mol. The monoisotopic (exact) mass is 263 g/mol. The van der Waals surface area contributed by atoms with Crippen LogP contribution in [0.1, 0.15) is 10.5 Å². The zero-order valence-corrected chi connectivity index (χ0v) is 10.2. The van der Waals surface area contributed by atoms with Gasteiger partial charge in [-0.15, -0.1) is 0 Å². The lowest BCUT2D eigenvalue weighted by Gasteiger charge is -2.33. The second-order valence-electron chi connectivity index (χ2n) is 4.04. The number of carbonyl (C=O) groups is 3. The molecule has 0 radical (unpaired) electrons. The van der Waals surface area contributed by atoms with Crippen LogP contribution in [0.15, 0.2) is 18.6 Å². The Bertz CT molecular complexity index is 496. The Labute approximate surface area is 109 Å². The first kappa shape index (κ1) is 12.9. The van der Waals surface area contributed by atoms with Crippen LogP contribution in [-0.4, -0.2) is 63.7 Å². The number of nitrogens with two attached hydrogens (primary N) is 1.